The second-order valence-electron chi connectivity index (χ2n) is 5.26. The molecular formula is C14H19N2O4S4-. The topological polar surface area (TPSA) is 80.8 Å². The van der Waals surface area contributed by atoms with Gasteiger partial charge in [0, 0.05) is 31.1 Å². The Labute approximate surface area is 156 Å². The monoisotopic (exact) mass is 407 g/mol. The van der Waals surface area contributed by atoms with Gasteiger partial charge in [0.2, 0.25) is 0 Å². The first-order chi connectivity index (χ1) is 11.3. The number of unbranched alkanes of at least 4 members (excludes halogenated alkanes) is 1. The zero-order valence-corrected chi connectivity index (χ0v) is 16.5. The van der Waals surface area contributed by atoms with Crippen LogP contribution < -0.4 is 0 Å². The van der Waals surface area contributed by atoms with E-state index >= 15 is 0 Å². The quantitative estimate of drug-likeness (QED) is 0.274. The molecule has 1 amide bonds. The highest BCUT2D eigenvalue weighted by Gasteiger charge is 2.30. The van der Waals surface area contributed by atoms with Crippen molar-refractivity contribution in [2.75, 3.05) is 31.1 Å². The van der Waals surface area contributed by atoms with E-state index in [1.807, 2.05) is 13.0 Å². The Morgan fingerprint density at radius 2 is 2.08 bits per heavy atom. The minimum Gasteiger partial charge on any atom is -0.748 e. The summed E-state index contributed by atoms with van der Waals surface area (Å²) in [6.45, 7) is 4.05. The molecule has 0 aliphatic carbocycles. The van der Waals surface area contributed by atoms with Crippen molar-refractivity contribution in [1.82, 2.24) is 9.80 Å². The SMILES string of the molecule is CCN1C(=O)/C(=C/C=C2\SCCN2CCCCS(=O)(=O)[O-])SC1=S. The molecule has 0 bridgehead atoms. The molecule has 0 aromatic rings. The van der Waals surface area contributed by atoms with Gasteiger partial charge in [-0.25, -0.2) is 8.42 Å². The number of carbonyl (C=O) groups is 1. The smallest absolute Gasteiger partial charge is 0.266 e. The lowest BCUT2D eigenvalue weighted by Gasteiger charge is -2.18. The molecule has 134 valence electrons. The summed E-state index contributed by atoms with van der Waals surface area (Å²) in [5.41, 5.74) is 0. The zero-order valence-electron chi connectivity index (χ0n) is 13.3. The summed E-state index contributed by atoms with van der Waals surface area (Å²) in [4.78, 5) is 16.5. The Bertz CT molecular complexity index is 672. The molecular weight excluding hydrogens is 388 g/mol. The van der Waals surface area contributed by atoms with Crippen molar-refractivity contribution in [3.8, 4) is 0 Å². The van der Waals surface area contributed by atoms with Gasteiger partial charge in [-0.15, -0.1) is 11.8 Å². The number of thioether (sulfide) groups is 2. The van der Waals surface area contributed by atoms with Crippen LogP contribution >= 0.6 is 35.7 Å². The van der Waals surface area contributed by atoms with Gasteiger partial charge in [-0.05, 0) is 31.9 Å². The average molecular weight is 408 g/mol. The van der Waals surface area contributed by atoms with Crippen LogP contribution in [0.2, 0.25) is 0 Å². The van der Waals surface area contributed by atoms with Gasteiger partial charge in [0.15, 0.2) is 0 Å². The van der Waals surface area contributed by atoms with Crippen molar-refractivity contribution in [2.45, 2.75) is 19.8 Å². The number of hydrogen-bond acceptors (Lipinski definition) is 8. The van der Waals surface area contributed by atoms with Crippen molar-refractivity contribution >= 4 is 56.1 Å². The normalized spacial score (nSPS) is 22.4. The van der Waals surface area contributed by atoms with E-state index in [4.69, 9.17) is 12.2 Å². The first-order valence-electron chi connectivity index (χ1n) is 7.59. The Morgan fingerprint density at radius 3 is 2.71 bits per heavy atom. The van der Waals surface area contributed by atoms with Crippen molar-refractivity contribution < 1.29 is 17.8 Å². The van der Waals surface area contributed by atoms with Crippen LogP contribution in [0.5, 0.6) is 0 Å². The summed E-state index contributed by atoms with van der Waals surface area (Å²) in [6, 6.07) is 0. The molecule has 2 heterocycles. The lowest BCUT2D eigenvalue weighted by molar-refractivity contribution is -0.122. The van der Waals surface area contributed by atoms with Crippen LogP contribution in [0.25, 0.3) is 0 Å². The third kappa shape index (κ3) is 5.48. The predicted octanol–water partition coefficient (Wildman–Crippen LogP) is 1.97. The molecule has 2 rings (SSSR count). The first-order valence-corrected chi connectivity index (χ1v) is 11.4. The molecule has 0 radical (unpaired) electrons. The number of allylic oxidation sites excluding steroid dienone is 2. The number of rotatable bonds is 7. The van der Waals surface area contributed by atoms with Gasteiger partial charge in [-0.2, -0.15) is 0 Å². The lowest BCUT2D eigenvalue weighted by Crippen LogP contribution is -2.27. The molecule has 0 aromatic carbocycles. The fourth-order valence-electron chi connectivity index (χ4n) is 2.35. The van der Waals surface area contributed by atoms with Crippen LogP contribution in [0.3, 0.4) is 0 Å². The lowest BCUT2D eigenvalue weighted by atomic mass is 10.3. The molecule has 0 N–H and O–H groups in total. The van der Waals surface area contributed by atoms with E-state index in [9.17, 15) is 17.8 Å². The molecule has 24 heavy (non-hydrogen) atoms. The Kier molecular flexibility index (Phi) is 7.17. The second kappa shape index (κ2) is 8.70. The first kappa shape index (κ1) is 19.8. The van der Waals surface area contributed by atoms with Gasteiger partial charge in [0.1, 0.15) is 4.32 Å². The molecule has 0 atom stereocenters. The third-order valence-electron chi connectivity index (χ3n) is 3.56. The highest BCUT2D eigenvalue weighted by Crippen LogP contribution is 2.32. The number of nitrogens with zero attached hydrogens (tertiary/aromatic N) is 2. The number of hydrogen-bond donors (Lipinski definition) is 0. The van der Waals surface area contributed by atoms with E-state index in [-0.39, 0.29) is 11.7 Å². The van der Waals surface area contributed by atoms with Crippen molar-refractivity contribution in [3.05, 3.63) is 22.1 Å². The van der Waals surface area contributed by atoms with E-state index in [0.29, 0.717) is 35.2 Å². The van der Waals surface area contributed by atoms with Crippen molar-refractivity contribution in [3.63, 3.8) is 0 Å². The molecule has 0 unspecified atom stereocenters. The molecule has 6 nitrogen and oxygen atoms in total. The van der Waals surface area contributed by atoms with Gasteiger partial charge in [-0.1, -0.05) is 24.0 Å². The Balaban J connectivity index is 1.93. The second-order valence-corrected chi connectivity index (χ2v) is 9.57. The summed E-state index contributed by atoms with van der Waals surface area (Å²) in [5.74, 6) is 0.585. The minimum atomic E-state index is -4.13. The van der Waals surface area contributed by atoms with Crippen molar-refractivity contribution in [2.24, 2.45) is 0 Å². The summed E-state index contributed by atoms with van der Waals surface area (Å²) in [7, 11) is -4.13. The fraction of sp³-hybridized carbons (Fsp3) is 0.571. The van der Waals surface area contributed by atoms with Crippen molar-refractivity contribution in [1.29, 1.82) is 0 Å². The van der Waals surface area contributed by atoms with Gasteiger partial charge in [0.05, 0.1) is 20.1 Å². The zero-order chi connectivity index (χ0) is 17.7. The van der Waals surface area contributed by atoms with E-state index in [0.717, 1.165) is 17.3 Å². The highest BCUT2D eigenvalue weighted by atomic mass is 32.2. The van der Waals surface area contributed by atoms with Gasteiger partial charge in [-0.3, -0.25) is 9.69 Å². The molecule has 2 aliphatic heterocycles. The minimum absolute atomic E-state index is 0.0560. The summed E-state index contributed by atoms with van der Waals surface area (Å²) in [5, 5.41) is 1.06. The molecule has 0 aromatic heterocycles. The van der Waals surface area contributed by atoms with Gasteiger partial charge in [0.25, 0.3) is 5.91 Å². The van der Waals surface area contributed by atoms with Gasteiger partial charge >= 0.3 is 0 Å². The van der Waals surface area contributed by atoms with Crippen LogP contribution in [-0.4, -0.2) is 64.1 Å². The average Bonchev–Trinajstić information content (AvgIpc) is 3.05. The Morgan fingerprint density at radius 1 is 1.33 bits per heavy atom. The number of likely N-dealkylation sites (N-methyl/N-ethyl adjacent to an activating group) is 1. The van der Waals surface area contributed by atoms with E-state index in [2.05, 4.69) is 4.90 Å². The van der Waals surface area contributed by atoms with Crippen LogP contribution in [0, 0.1) is 0 Å². The molecule has 10 heteroatoms. The summed E-state index contributed by atoms with van der Waals surface area (Å²) >= 11 is 8.19. The fourth-order valence-corrected chi connectivity index (χ4v) is 5.29. The van der Waals surface area contributed by atoms with E-state index in [1.165, 1.54) is 11.8 Å². The molecule has 2 saturated heterocycles. The largest absolute Gasteiger partial charge is 0.748 e. The molecule has 0 saturated carbocycles. The van der Waals surface area contributed by atoms with Crippen LogP contribution in [0.15, 0.2) is 22.1 Å². The predicted molar refractivity (Wildman–Crippen MR) is 102 cm³/mol. The Hall–Kier alpha value is -0.550. The molecule has 2 fully saturated rings. The maximum Gasteiger partial charge on any atom is 0.266 e. The summed E-state index contributed by atoms with van der Waals surface area (Å²) < 4.78 is 32.4. The summed E-state index contributed by atoms with van der Waals surface area (Å²) in [6.07, 6.45) is 4.74. The molecule has 2 aliphatic rings. The number of carbonyl (C=O) groups excluding carboxylic acids is 1. The molecule has 0 spiro atoms. The third-order valence-corrected chi connectivity index (χ3v) is 6.82. The van der Waals surface area contributed by atoms with E-state index < -0.39 is 10.1 Å². The maximum absolute atomic E-state index is 12.2. The van der Waals surface area contributed by atoms with Crippen LogP contribution in [0.1, 0.15) is 19.8 Å². The number of amides is 1. The van der Waals surface area contributed by atoms with Crippen LogP contribution in [-0.2, 0) is 14.9 Å². The number of thiocarbonyl (C=S) groups is 1. The van der Waals surface area contributed by atoms with Gasteiger partial charge < -0.3 is 9.45 Å². The standard InChI is InChI=1S/C14H20N2O4S4/c1-2-16-13(17)11(23-14(16)21)5-6-12-15(8-9-22-12)7-3-4-10-24(18,19)20/h5-6H,2-4,7-10H2,1H3,(H,18,19,20)/p-1/b11-5-,12-6-. The van der Waals surface area contributed by atoms with E-state index in [1.54, 1.807) is 22.7 Å². The van der Waals surface area contributed by atoms with Crippen LogP contribution in [0.4, 0.5) is 0 Å². The maximum atomic E-state index is 12.2. The highest BCUT2D eigenvalue weighted by molar-refractivity contribution is 8.26.